The Balaban J connectivity index is 1.60. The number of hydrogen-bond acceptors (Lipinski definition) is 10. The summed E-state index contributed by atoms with van der Waals surface area (Å²) >= 11 is 0. The van der Waals surface area contributed by atoms with Crippen molar-refractivity contribution < 1.29 is 49.0 Å². The Morgan fingerprint density at radius 1 is 0.623 bits per heavy atom. The van der Waals surface area contributed by atoms with E-state index in [9.17, 15) is 43.8 Å². The first-order valence-electron chi connectivity index (χ1n) is 16.6. The fourth-order valence-corrected chi connectivity index (χ4v) is 5.09. The van der Waals surface area contributed by atoms with Gasteiger partial charge in [0.2, 0.25) is 0 Å². The minimum atomic E-state index is -1.56. The normalized spacial score (nSPS) is 11.3. The molecule has 0 bridgehead atoms. The van der Waals surface area contributed by atoms with Gasteiger partial charge in [-0.15, -0.1) is 9.46 Å². The Morgan fingerprint density at radius 2 is 1.09 bits per heavy atom. The molecule has 16 nitrogen and oxygen atoms in total. The quantitative estimate of drug-likeness (QED) is 0.0818. The van der Waals surface area contributed by atoms with Gasteiger partial charge in [0.05, 0.1) is 0 Å². The molecule has 4 aromatic rings. The molecule has 0 spiro atoms. The number of carbonyl (C=O) groups is 5. The average molecular weight is 731 g/mol. The van der Waals surface area contributed by atoms with Gasteiger partial charge in [-0.1, -0.05) is 73.5 Å². The van der Waals surface area contributed by atoms with E-state index in [1.807, 2.05) is 0 Å². The first kappa shape index (κ1) is 39.2. The van der Waals surface area contributed by atoms with E-state index in [4.69, 9.17) is 14.8 Å². The first-order chi connectivity index (χ1) is 25.5. The lowest BCUT2D eigenvalue weighted by Crippen LogP contribution is -2.50. The molecular weight excluding hydrogens is 692 g/mol. The summed E-state index contributed by atoms with van der Waals surface area (Å²) in [5.74, 6) is -5.57. The van der Waals surface area contributed by atoms with Crippen molar-refractivity contribution in [3.63, 3.8) is 0 Å². The van der Waals surface area contributed by atoms with Gasteiger partial charge in [-0.3, -0.25) is 24.0 Å². The van der Waals surface area contributed by atoms with E-state index < -0.39 is 75.8 Å². The number of aromatic carboxylic acids is 2. The number of aliphatic hydroxyl groups excluding tert-OH is 1. The number of unbranched alkanes of at least 4 members (excludes halogenated alkanes) is 3. The van der Waals surface area contributed by atoms with Gasteiger partial charge in [0.25, 0.3) is 22.9 Å². The number of aliphatic hydroxyl groups is 1. The van der Waals surface area contributed by atoms with Crippen LogP contribution in [-0.4, -0.2) is 73.5 Å². The zero-order valence-corrected chi connectivity index (χ0v) is 28.4. The molecule has 1 atom stereocenters. The molecule has 0 saturated heterocycles. The Kier molecular flexibility index (Phi) is 14.2. The lowest BCUT2D eigenvalue weighted by molar-refractivity contribution is -0.120. The molecule has 16 heteroatoms. The third-order valence-electron chi connectivity index (χ3n) is 7.91. The van der Waals surface area contributed by atoms with Crippen molar-refractivity contribution in [2.45, 2.75) is 51.4 Å². The van der Waals surface area contributed by atoms with E-state index in [0.29, 0.717) is 46.3 Å². The SMILES string of the molecule is O=C(O)c1ccc(C(=O)NCC(NC(=O)c2ccc(C(=O)O)c(=O)n2OCc2ccccc2)C(=O)CCCCCCO)n(OCc2ccccc2)c1=O. The van der Waals surface area contributed by atoms with Crippen LogP contribution in [0.25, 0.3) is 0 Å². The van der Waals surface area contributed by atoms with Crippen molar-refractivity contribution in [1.29, 1.82) is 0 Å². The second kappa shape index (κ2) is 19.2. The second-order valence-corrected chi connectivity index (χ2v) is 11.7. The number of aromatic nitrogens is 2. The number of rotatable bonds is 20. The highest BCUT2D eigenvalue weighted by molar-refractivity contribution is 5.98. The molecular formula is C37H38N4O12. The van der Waals surface area contributed by atoms with Crippen LogP contribution in [0.15, 0.2) is 94.5 Å². The summed E-state index contributed by atoms with van der Waals surface area (Å²) in [5, 5.41) is 33.1. The zero-order chi connectivity index (χ0) is 38.3. The molecule has 4 rings (SSSR count). The maximum absolute atomic E-state index is 13.7. The summed E-state index contributed by atoms with van der Waals surface area (Å²) in [5.41, 5.74) is -3.21. The van der Waals surface area contributed by atoms with Crippen LogP contribution < -0.4 is 31.4 Å². The highest BCUT2D eigenvalue weighted by atomic mass is 16.7. The minimum Gasteiger partial charge on any atom is -0.477 e. The number of nitrogens with zero attached hydrogens (tertiary/aromatic N) is 2. The van der Waals surface area contributed by atoms with Crippen molar-refractivity contribution in [2.24, 2.45) is 0 Å². The van der Waals surface area contributed by atoms with Gasteiger partial charge in [0.15, 0.2) is 5.78 Å². The predicted molar refractivity (Wildman–Crippen MR) is 188 cm³/mol. The van der Waals surface area contributed by atoms with Gasteiger partial charge >= 0.3 is 11.9 Å². The summed E-state index contributed by atoms with van der Waals surface area (Å²) in [6.07, 6.45) is 2.11. The van der Waals surface area contributed by atoms with Crippen LogP contribution in [0.2, 0.25) is 0 Å². The average Bonchev–Trinajstić information content (AvgIpc) is 3.15. The molecule has 53 heavy (non-hydrogen) atoms. The summed E-state index contributed by atoms with van der Waals surface area (Å²) in [6.45, 7) is -0.950. The first-order valence-corrected chi connectivity index (χ1v) is 16.6. The van der Waals surface area contributed by atoms with Crippen molar-refractivity contribution in [3.05, 3.63) is 139 Å². The maximum Gasteiger partial charge on any atom is 0.341 e. The molecule has 0 fully saturated rings. The summed E-state index contributed by atoms with van der Waals surface area (Å²) < 4.78 is 1.06. The number of pyridine rings is 2. The smallest absolute Gasteiger partial charge is 0.341 e. The Labute approximate surface area is 302 Å². The molecule has 278 valence electrons. The van der Waals surface area contributed by atoms with Crippen molar-refractivity contribution >= 4 is 29.5 Å². The largest absolute Gasteiger partial charge is 0.477 e. The molecule has 5 N–H and O–H groups in total. The maximum atomic E-state index is 13.7. The van der Waals surface area contributed by atoms with E-state index in [1.165, 1.54) is 0 Å². The monoisotopic (exact) mass is 730 g/mol. The van der Waals surface area contributed by atoms with Crippen LogP contribution in [0.3, 0.4) is 0 Å². The van der Waals surface area contributed by atoms with Crippen LogP contribution in [-0.2, 0) is 18.0 Å². The third-order valence-corrected chi connectivity index (χ3v) is 7.91. The van der Waals surface area contributed by atoms with Crippen molar-refractivity contribution in [1.82, 2.24) is 20.1 Å². The second-order valence-electron chi connectivity index (χ2n) is 11.7. The summed E-state index contributed by atoms with van der Waals surface area (Å²) in [7, 11) is 0. The van der Waals surface area contributed by atoms with Crippen LogP contribution in [0.5, 0.6) is 0 Å². The molecule has 0 saturated carbocycles. The van der Waals surface area contributed by atoms with Crippen LogP contribution in [0.4, 0.5) is 0 Å². The fourth-order valence-electron chi connectivity index (χ4n) is 5.09. The summed E-state index contributed by atoms with van der Waals surface area (Å²) in [4.78, 5) is 101. The van der Waals surface area contributed by atoms with Crippen LogP contribution in [0.1, 0.15) is 84.9 Å². The van der Waals surface area contributed by atoms with Gasteiger partial charge in [-0.05, 0) is 48.2 Å². The Bertz CT molecular complexity index is 2040. The molecule has 0 aliphatic rings. The standard InChI is InChI=1S/C37H38N4O12/c42-20-10-2-1-9-15-31(43)28(39-33(45)30-19-17-27(37(50)51)35(47)41(30)53-23-25-13-7-4-8-14-25)21-38-32(44)29-18-16-26(36(48)49)34(46)40(29)52-22-24-11-5-3-6-12-24/h3-8,11-14,16-19,28,42H,1-2,9-10,15,20-23H2,(H,38,44)(H,39,45)(H,48,49)(H,50,51). The minimum absolute atomic E-state index is 0.0129. The number of carboxylic acid groups (broad SMARTS) is 2. The summed E-state index contributed by atoms with van der Waals surface area (Å²) in [6, 6.07) is 19.7. The van der Waals surface area contributed by atoms with Crippen LogP contribution in [0, 0.1) is 0 Å². The van der Waals surface area contributed by atoms with Gasteiger partial charge in [0.1, 0.15) is 41.8 Å². The molecule has 2 aromatic carbocycles. The van der Waals surface area contributed by atoms with E-state index in [0.717, 1.165) is 24.3 Å². The van der Waals surface area contributed by atoms with Gasteiger partial charge in [-0.25, -0.2) is 9.59 Å². The number of Topliss-reactive ketones (excluding diaryl/α,β-unsaturated/α-hetero) is 1. The number of amides is 2. The lowest BCUT2D eigenvalue weighted by atomic mass is 10.0. The topological polar surface area (TPSA) is 233 Å². The van der Waals surface area contributed by atoms with Gasteiger partial charge in [-0.2, -0.15) is 0 Å². The van der Waals surface area contributed by atoms with Crippen molar-refractivity contribution in [2.75, 3.05) is 13.2 Å². The van der Waals surface area contributed by atoms with E-state index in [-0.39, 0.29) is 26.2 Å². The number of carboxylic acids is 2. The Hall–Kier alpha value is -6.55. The van der Waals surface area contributed by atoms with Gasteiger partial charge < -0.3 is 35.6 Å². The van der Waals surface area contributed by atoms with Crippen LogP contribution >= 0.6 is 0 Å². The number of nitrogens with one attached hydrogen (secondary N) is 2. The van der Waals surface area contributed by atoms with E-state index >= 15 is 0 Å². The number of carbonyl (C=O) groups excluding carboxylic acids is 3. The number of hydrogen-bond donors (Lipinski definition) is 5. The zero-order valence-electron chi connectivity index (χ0n) is 28.4. The lowest BCUT2D eigenvalue weighted by Gasteiger charge is -2.21. The van der Waals surface area contributed by atoms with Crippen molar-refractivity contribution in [3.8, 4) is 0 Å². The predicted octanol–water partition coefficient (Wildman–Crippen LogP) is 1.70. The third kappa shape index (κ3) is 10.7. The van der Waals surface area contributed by atoms with Gasteiger partial charge in [0, 0.05) is 19.6 Å². The Morgan fingerprint density at radius 3 is 1.57 bits per heavy atom. The highest BCUT2D eigenvalue weighted by Gasteiger charge is 2.27. The molecule has 2 heterocycles. The highest BCUT2D eigenvalue weighted by Crippen LogP contribution is 2.09. The molecule has 1 unspecified atom stereocenters. The van der Waals surface area contributed by atoms with E-state index in [1.54, 1.807) is 60.7 Å². The van der Waals surface area contributed by atoms with E-state index in [2.05, 4.69) is 10.6 Å². The molecule has 0 aliphatic heterocycles. The fraction of sp³-hybridized carbons (Fsp3) is 0.270. The molecule has 0 radical (unpaired) electrons. The molecule has 0 aliphatic carbocycles. The molecule has 2 amide bonds. The molecule has 2 aromatic heterocycles. The number of benzene rings is 2. The number of ketones is 1.